The molecular formula is C16H24N4O. The van der Waals surface area contributed by atoms with Crippen molar-refractivity contribution in [1.82, 2.24) is 19.3 Å². The second kappa shape index (κ2) is 6.12. The number of aliphatic hydroxyl groups is 1. The van der Waals surface area contributed by atoms with Gasteiger partial charge >= 0.3 is 0 Å². The standard InChI is InChI=1S/C16H24N4O/c1-12-9-13(2)20-15(10-17-16(20)18-12)11-19-7-4-3-5-14(19)6-8-21/h9-10,14,21H,3-8,11H2,1-2H3. The minimum atomic E-state index is 0.272. The largest absolute Gasteiger partial charge is 0.396 e. The number of piperidine rings is 1. The van der Waals surface area contributed by atoms with Crippen LogP contribution < -0.4 is 0 Å². The summed E-state index contributed by atoms with van der Waals surface area (Å²) >= 11 is 0. The van der Waals surface area contributed by atoms with Gasteiger partial charge in [0.15, 0.2) is 0 Å². The fourth-order valence-corrected chi connectivity index (χ4v) is 3.46. The average Bonchev–Trinajstić information content (AvgIpc) is 2.84. The van der Waals surface area contributed by atoms with E-state index in [-0.39, 0.29) is 6.61 Å². The van der Waals surface area contributed by atoms with Crippen molar-refractivity contribution < 1.29 is 5.11 Å². The van der Waals surface area contributed by atoms with E-state index in [1.807, 2.05) is 13.1 Å². The van der Waals surface area contributed by atoms with Gasteiger partial charge in [-0.2, -0.15) is 0 Å². The fourth-order valence-electron chi connectivity index (χ4n) is 3.46. The number of hydrogen-bond donors (Lipinski definition) is 1. The molecule has 1 atom stereocenters. The molecule has 21 heavy (non-hydrogen) atoms. The molecule has 0 aromatic carbocycles. The van der Waals surface area contributed by atoms with Crippen molar-refractivity contribution in [1.29, 1.82) is 0 Å². The van der Waals surface area contributed by atoms with Crippen LogP contribution in [0, 0.1) is 13.8 Å². The number of aromatic nitrogens is 3. The first kappa shape index (κ1) is 14.5. The van der Waals surface area contributed by atoms with E-state index in [2.05, 4.69) is 32.3 Å². The monoisotopic (exact) mass is 288 g/mol. The third kappa shape index (κ3) is 2.94. The van der Waals surface area contributed by atoms with E-state index in [1.165, 1.54) is 30.7 Å². The number of imidazole rings is 1. The van der Waals surface area contributed by atoms with Crippen LogP contribution in [-0.4, -0.2) is 43.6 Å². The molecule has 3 rings (SSSR count). The molecule has 5 heteroatoms. The first-order chi connectivity index (χ1) is 10.2. The minimum Gasteiger partial charge on any atom is -0.396 e. The van der Waals surface area contributed by atoms with E-state index in [0.29, 0.717) is 6.04 Å². The number of likely N-dealkylation sites (tertiary alicyclic amines) is 1. The average molecular weight is 288 g/mol. The van der Waals surface area contributed by atoms with Crippen molar-refractivity contribution in [2.24, 2.45) is 0 Å². The number of aryl methyl sites for hydroxylation is 2. The number of aliphatic hydroxyl groups excluding tert-OH is 1. The van der Waals surface area contributed by atoms with Crippen molar-refractivity contribution in [3.63, 3.8) is 0 Å². The normalized spacial score (nSPS) is 20.2. The van der Waals surface area contributed by atoms with Gasteiger partial charge in [0.2, 0.25) is 5.78 Å². The van der Waals surface area contributed by atoms with Crippen molar-refractivity contribution in [3.05, 3.63) is 29.3 Å². The lowest BCUT2D eigenvalue weighted by molar-refractivity contribution is 0.111. The highest BCUT2D eigenvalue weighted by Crippen LogP contribution is 2.22. The summed E-state index contributed by atoms with van der Waals surface area (Å²) in [6.07, 6.45) is 6.52. The smallest absolute Gasteiger partial charge is 0.234 e. The Bertz CT molecular complexity index is 620. The van der Waals surface area contributed by atoms with Gasteiger partial charge in [-0.25, -0.2) is 9.97 Å². The molecule has 1 fully saturated rings. The van der Waals surface area contributed by atoms with Crippen LogP contribution in [0.25, 0.3) is 5.78 Å². The van der Waals surface area contributed by atoms with Crippen LogP contribution in [0.4, 0.5) is 0 Å². The first-order valence-corrected chi connectivity index (χ1v) is 7.84. The molecule has 3 heterocycles. The molecule has 1 unspecified atom stereocenters. The molecule has 5 nitrogen and oxygen atoms in total. The quantitative estimate of drug-likeness (QED) is 0.936. The second-order valence-electron chi connectivity index (χ2n) is 6.06. The summed E-state index contributed by atoms with van der Waals surface area (Å²) in [5, 5.41) is 9.25. The summed E-state index contributed by atoms with van der Waals surface area (Å²) in [6.45, 7) is 6.37. The van der Waals surface area contributed by atoms with Crippen LogP contribution in [0.15, 0.2) is 12.3 Å². The van der Waals surface area contributed by atoms with E-state index in [1.54, 1.807) is 0 Å². The highest BCUT2D eigenvalue weighted by molar-refractivity contribution is 5.35. The molecule has 0 amide bonds. The summed E-state index contributed by atoms with van der Waals surface area (Å²) in [6, 6.07) is 2.59. The van der Waals surface area contributed by atoms with Crippen LogP contribution in [0.3, 0.4) is 0 Å². The van der Waals surface area contributed by atoms with Gasteiger partial charge in [0, 0.05) is 30.6 Å². The molecule has 1 aliphatic rings. The molecular weight excluding hydrogens is 264 g/mol. The van der Waals surface area contributed by atoms with Crippen LogP contribution in [-0.2, 0) is 6.54 Å². The number of nitrogens with zero attached hydrogens (tertiary/aromatic N) is 4. The maximum atomic E-state index is 9.25. The lowest BCUT2D eigenvalue weighted by atomic mass is 9.99. The summed E-state index contributed by atoms with van der Waals surface area (Å²) in [5.41, 5.74) is 3.38. The minimum absolute atomic E-state index is 0.272. The summed E-state index contributed by atoms with van der Waals surface area (Å²) in [4.78, 5) is 11.4. The first-order valence-electron chi connectivity index (χ1n) is 7.84. The molecule has 1 N–H and O–H groups in total. The summed E-state index contributed by atoms with van der Waals surface area (Å²) in [7, 11) is 0. The van der Waals surface area contributed by atoms with E-state index in [4.69, 9.17) is 0 Å². The zero-order valence-corrected chi connectivity index (χ0v) is 12.9. The SMILES string of the molecule is Cc1cc(C)n2c(CN3CCCCC3CCO)cnc2n1. The Hall–Kier alpha value is -1.46. The number of rotatable bonds is 4. The fraction of sp³-hybridized carbons (Fsp3) is 0.625. The molecule has 114 valence electrons. The lowest BCUT2D eigenvalue weighted by Gasteiger charge is -2.35. The van der Waals surface area contributed by atoms with Crippen LogP contribution in [0.1, 0.15) is 42.8 Å². The second-order valence-corrected chi connectivity index (χ2v) is 6.06. The van der Waals surface area contributed by atoms with E-state index in [9.17, 15) is 5.11 Å². The van der Waals surface area contributed by atoms with Gasteiger partial charge in [-0.15, -0.1) is 0 Å². The molecule has 0 aliphatic carbocycles. The van der Waals surface area contributed by atoms with Crippen molar-refractivity contribution in [3.8, 4) is 0 Å². The molecule has 0 bridgehead atoms. The van der Waals surface area contributed by atoms with Crippen LogP contribution in [0.2, 0.25) is 0 Å². The van der Waals surface area contributed by atoms with Gasteiger partial charge in [-0.3, -0.25) is 9.30 Å². The van der Waals surface area contributed by atoms with Gasteiger partial charge in [-0.1, -0.05) is 6.42 Å². The van der Waals surface area contributed by atoms with Gasteiger partial charge in [0.1, 0.15) is 0 Å². The molecule has 1 saturated heterocycles. The van der Waals surface area contributed by atoms with E-state index < -0.39 is 0 Å². The molecule has 0 saturated carbocycles. The highest BCUT2D eigenvalue weighted by Gasteiger charge is 2.23. The topological polar surface area (TPSA) is 53.7 Å². The van der Waals surface area contributed by atoms with Crippen LogP contribution >= 0.6 is 0 Å². The van der Waals surface area contributed by atoms with E-state index >= 15 is 0 Å². The number of hydrogen-bond acceptors (Lipinski definition) is 4. The third-order valence-electron chi connectivity index (χ3n) is 4.44. The van der Waals surface area contributed by atoms with Gasteiger partial charge in [0.25, 0.3) is 0 Å². The Kier molecular flexibility index (Phi) is 4.22. The Labute approximate surface area is 125 Å². The molecule has 2 aromatic rings. The van der Waals surface area contributed by atoms with Gasteiger partial charge in [-0.05, 0) is 45.7 Å². The Morgan fingerprint density at radius 2 is 2.19 bits per heavy atom. The Balaban J connectivity index is 1.87. The van der Waals surface area contributed by atoms with Crippen molar-refractivity contribution in [2.45, 2.75) is 52.1 Å². The number of fused-ring (bicyclic) bond motifs is 1. The Morgan fingerprint density at radius 3 is 3.00 bits per heavy atom. The van der Waals surface area contributed by atoms with Crippen molar-refractivity contribution in [2.75, 3.05) is 13.2 Å². The zero-order valence-electron chi connectivity index (χ0n) is 12.9. The molecule has 0 radical (unpaired) electrons. The highest BCUT2D eigenvalue weighted by atomic mass is 16.3. The van der Waals surface area contributed by atoms with Crippen LogP contribution in [0.5, 0.6) is 0 Å². The molecule has 0 spiro atoms. The van der Waals surface area contributed by atoms with Gasteiger partial charge < -0.3 is 5.11 Å². The maximum absolute atomic E-state index is 9.25. The summed E-state index contributed by atoms with van der Waals surface area (Å²) in [5.74, 6) is 0.790. The van der Waals surface area contributed by atoms with Crippen molar-refractivity contribution >= 4 is 5.78 Å². The predicted molar refractivity (Wildman–Crippen MR) is 82.2 cm³/mol. The zero-order chi connectivity index (χ0) is 14.8. The Morgan fingerprint density at radius 1 is 1.33 bits per heavy atom. The lowest BCUT2D eigenvalue weighted by Crippen LogP contribution is -2.39. The van der Waals surface area contributed by atoms with E-state index in [0.717, 1.165) is 31.0 Å². The molecule has 1 aliphatic heterocycles. The van der Waals surface area contributed by atoms with Gasteiger partial charge in [0.05, 0.1) is 11.9 Å². The summed E-state index contributed by atoms with van der Waals surface area (Å²) < 4.78 is 2.15. The third-order valence-corrected chi connectivity index (χ3v) is 4.44. The maximum Gasteiger partial charge on any atom is 0.234 e. The molecule has 2 aromatic heterocycles. The predicted octanol–water partition coefficient (Wildman–Crippen LogP) is 2.08.